The third kappa shape index (κ3) is 5.36. The number of methoxy groups -OCH3 is 1. The Morgan fingerprint density at radius 1 is 1.24 bits per heavy atom. The smallest absolute Gasteiger partial charge is 0.273 e. The molecule has 2 aromatic carbocycles. The zero-order valence-corrected chi connectivity index (χ0v) is 14.3. The highest BCUT2D eigenvalue weighted by atomic mass is 35.5. The molecule has 7 nitrogen and oxygen atoms in total. The topological polar surface area (TPSA) is 90.7 Å². The molecule has 0 aliphatic rings. The summed E-state index contributed by atoms with van der Waals surface area (Å²) in [5.41, 5.74) is 0.271. The first kappa shape index (κ1) is 18.5. The highest BCUT2D eigenvalue weighted by molar-refractivity contribution is 6.32. The van der Waals surface area contributed by atoms with Gasteiger partial charge in [-0.15, -0.1) is 0 Å². The number of nitro benzene ring substituents is 1. The third-order valence-corrected chi connectivity index (χ3v) is 3.62. The van der Waals surface area contributed by atoms with Crippen molar-refractivity contribution in [3.63, 3.8) is 0 Å². The van der Waals surface area contributed by atoms with Crippen molar-refractivity contribution in [1.82, 2.24) is 0 Å². The molecule has 0 spiro atoms. The van der Waals surface area contributed by atoms with Crippen molar-refractivity contribution >= 4 is 28.9 Å². The van der Waals surface area contributed by atoms with Crippen molar-refractivity contribution in [1.29, 1.82) is 0 Å². The van der Waals surface area contributed by atoms with Gasteiger partial charge >= 0.3 is 0 Å². The van der Waals surface area contributed by atoms with Crippen molar-refractivity contribution in [2.24, 2.45) is 0 Å². The molecule has 2 rings (SSSR count). The number of carbonyl (C=O) groups is 1. The van der Waals surface area contributed by atoms with Crippen molar-refractivity contribution in [3.8, 4) is 11.5 Å². The van der Waals surface area contributed by atoms with E-state index in [1.807, 2.05) is 6.07 Å². The molecule has 0 aliphatic carbocycles. The molecular weight excluding hydrogens is 348 g/mol. The number of ether oxygens (including phenoxy) is 2. The van der Waals surface area contributed by atoms with Crippen LogP contribution in [-0.4, -0.2) is 24.5 Å². The fourth-order valence-electron chi connectivity index (χ4n) is 2.09. The maximum atomic E-state index is 12.0. The normalized spacial score (nSPS) is 10.2. The van der Waals surface area contributed by atoms with E-state index in [1.54, 1.807) is 18.2 Å². The summed E-state index contributed by atoms with van der Waals surface area (Å²) in [7, 11) is 1.38. The summed E-state index contributed by atoms with van der Waals surface area (Å²) < 4.78 is 10.6. The average molecular weight is 365 g/mol. The Kier molecular flexibility index (Phi) is 6.59. The second-order valence-corrected chi connectivity index (χ2v) is 5.48. The van der Waals surface area contributed by atoms with Gasteiger partial charge < -0.3 is 14.8 Å². The summed E-state index contributed by atoms with van der Waals surface area (Å²) >= 11 is 5.98. The highest BCUT2D eigenvalue weighted by Gasteiger charge is 2.13. The zero-order chi connectivity index (χ0) is 18.2. The molecule has 8 heteroatoms. The maximum absolute atomic E-state index is 12.0. The molecule has 0 saturated heterocycles. The number of halogens is 1. The van der Waals surface area contributed by atoms with Crippen molar-refractivity contribution < 1.29 is 19.2 Å². The van der Waals surface area contributed by atoms with Crippen LogP contribution in [0.5, 0.6) is 11.5 Å². The second-order valence-electron chi connectivity index (χ2n) is 5.07. The SMILES string of the molecule is COc1cc([N+](=O)[O-])ccc1NC(=O)CCCOc1ccccc1Cl. The van der Waals surface area contributed by atoms with Gasteiger partial charge in [-0.25, -0.2) is 0 Å². The van der Waals surface area contributed by atoms with Gasteiger partial charge in [-0.2, -0.15) is 0 Å². The van der Waals surface area contributed by atoms with Crippen LogP contribution in [0.2, 0.25) is 5.02 Å². The standard InChI is InChI=1S/C17H17ClN2O5/c1-24-16-11-12(20(22)23)8-9-14(16)19-17(21)7-4-10-25-15-6-3-2-5-13(15)18/h2-3,5-6,8-9,11H,4,7,10H2,1H3,(H,19,21). The molecule has 0 aliphatic heterocycles. The van der Waals surface area contributed by atoms with E-state index in [1.165, 1.54) is 25.3 Å². The van der Waals surface area contributed by atoms with Gasteiger partial charge in [0.1, 0.15) is 11.5 Å². The summed E-state index contributed by atoms with van der Waals surface area (Å²) in [6.07, 6.45) is 0.719. The number of amides is 1. The van der Waals surface area contributed by atoms with Crippen LogP contribution in [0.25, 0.3) is 0 Å². The number of carbonyl (C=O) groups excluding carboxylic acids is 1. The minimum atomic E-state index is -0.528. The van der Waals surface area contributed by atoms with Gasteiger partial charge in [-0.1, -0.05) is 23.7 Å². The molecule has 0 unspecified atom stereocenters. The number of hydrogen-bond acceptors (Lipinski definition) is 5. The summed E-state index contributed by atoms with van der Waals surface area (Å²) in [5.74, 6) is 0.561. The number of para-hydroxylation sites is 1. The van der Waals surface area contributed by atoms with Crippen LogP contribution in [0.1, 0.15) is 12.8 Å². The molecule has 0 atom stereocenters. The Bertz CT molecular complexity index is 766. The van der Waals surface area contributed by atoms with Crippen LogP contribution in [0.15, 0.2) is 42.5 Å². The van der Waals surface area contributed by atoms with E-state index < -0.39 is 4.92 Å². The number of nitro groups is 1. The number of benzene rings is 2. The van der Waals surface area contributed by atoms with E-state index in [-0.39, 0.29) is 23.8 Å². The van der Waals surface area contributed by atoms with Gasteiger partial charge in [-0.3, -0.25) is 14.9 Å². The molecule has 0 aromatic heterocycles. The Morgan fingerprint density at radius 2 is 2.00 bits per heavy atom. The first-order valence-electron chi connectivity index (χ1n) is 7.51. The molecule has 0 fully saturated rings. The van der Waals surface area contributed by atoms with E-state index in [0.29, 0.717) is 29.5 Å². The summed E-state index contributed by atoms with van der Waals surface area (Å²) in [6, 6.07) is 11.1. The number of rotatable bonds is 8. The Hall–Kier alpha value is -2.80. The zero-order valence-electron chi connectivity index (χ0n) is 13.5. The van der Waals surface area contributed by atoms with Gasteiger partial charge in [0.05, 0.1) is 35.4 Å². The molecule has 25 heavy (non-hydrogen) atoms. The minimum Gasteiger partial charge on any atom is -0.494 e. The van der Waals surface area contributed by atoms with Crippen LogP contribution in [0, 0.1) is 10.1 Å². The van der Waals surface area contributed by atoms with E-state index in [0.717, 1.165) is 0 Å². The first-order chi connectivity index (χ1) is 12.0. The average Bonchev–Trinajstić information content (AvgIpc) is 2.60. The lowest BCUT2D eigenvalue weighted by Gasteiger charge is -2.10. The van der Waals surface area contributed by atoms with Crippen LogP contribution in [-0.2, 0) is 4.79 Å². The number of hydrogen-bond donors (Lipinski definition) is 1. The molecule has 0 saturated carbocycles. The van der Waals surface area contributed by atoms with Crippen molar-refractivity contribution in [2.75, 3.05) is 19.0 Å². The summed E-state index contributed by atoms with van der Waals surface area (Å²) in [4.78, 5) is 22.2. The Balaban J connectivity index is 1.84. The number of nitrogens with zero attached hydrogens (tertiary/aromatic N) is 1. The van der Waals surface area contributed by atoms with Crippen LogP contribution < -0.4 is 14.8 Å². The highest BCUT2D eigenvalue weighted by Crippen LogP contribution is 2.29. The lowest BCUT2D eigenvalue weighted by Crippen LogP contribution is -2.13. The third-order valence-electron chi connectivity index (χ3n) is 3.31. The molecule has 1 amide bonds. The molecule has 0 radical (unpaired) electrons. The van der Waals surface area contributed by atoms with Gasteiger partial charge in [-0.05, 0) is 24.6 Å². The fraction of sp³-hybridized carbons (Fsp3) is 0.235. The van der Waals surface area contributed by atoms with E-state index in [2.05, 4.69) is 5.32 Å². The van der Waals surface area contributed by atoms with E-state index in [9.17, 15) is 14.9 Å². The predicted molar refractivity (Wildman–Crippen MR) is 94.5 cm³/mol. The first-order valence-corrected chi connectivity index (χ1v) is 7.88. The second kappa shape index (κ2) is 8.89. The Morgan fingerprint density at radius 3 is 2.68 bits per heavy atom. The minimum absolute atomic E-state index is 0.108. The lowest BCUT2D eigenvalue weighted by molar-refractivity contribution is -0.384. The van der Waals surface area contributed by atoms with Gasteiger partial charge in [0.25, 0.3) is 5.69 Å². The predicted octanol–water partition coefficient (Wildman–Crippen LogP) is 4.05. The number of anilines is 1. The molecule has 132 valence electrons. The fourth-order valence-corrected chi connectivity index (χ4v) is 2.28. The molecular formula is C17H17ClN2O5. The quantitative estimate of drug-likeness (QED) is 0.433. The van der Waals surface area contributed by atoms with Crippen LogP contribution in [0.3, 0.4) is 0 Å². The molecule has 0 bridgehead atoms. The van der Waals surface area contributed by atoms with Gasteiger partial charge in [0.2, 0.25) is 5.91 Å². The van der Waals surface area contributed by atoms with Crippen LogP contribution >= 0.6 is 11.6 Å². The molecule has 0 heterocycles. The summed E-state index contributed by atoms with van der Waals surface area (Å²) in [5, 5.41) is 13.9. The van der Waals surface area contributed by atoms with E-state index in [4.69, 9.17) is 21.1 Å². The van der Waals surface area contributed by atoms with Gasteiger partial charge in [0.15, 0.2) is 0 Å². The largest absolute Gasteiger partial charge is 0.494 e. The van der Waals surface area contributed by atoms with Gasteiger partial charge in [0, 0.05) is 12.5 Å². The lowest BCUT2D eigenvalue weighted by atomic mass is 10.2. The maximum Gasteiger partial charge on any atom is 0.273 e. The monoisotopic (exact) mass is 364 g/mol. The Labute approximate surface area is 149 Å². The molecule has 2 aromatic rings. The number of non-ortho nitro benzene ring substituents is 1. The molecule has 1 N–H and O–H groups in total. The van der Waals surface area contributed by atoms with Crippen molar-refractivity contribution in [2.45, 2.75) is 12.8 Å². The van der Waals surface area contributed by atoms with E-state index >= 15 is 0 Å². The van der Waals surface area contributed by atoms with Crippen molar-refractivity contribution in [3.05, 3.63) is 57.6 Å². The number of nitrogens with one attached hydrogen (secondary N) is 1. The van der Waals surface area contributed by atoms with Crippen LogP contribution in [0.4, 0.5) is 11.4 Å². The summed E-state index contributed by atoms with van der Waals surface area (Å²) in [6.45, 7) is 0.342.